The second kappa shape index (κ2) is 4.78. The van der Waals surface area contributed by atoms with Gasteiger partial charge in [0.15, 0.2) is 0 Å². The van der Waals surface area contributed by atoms with Gasteiger partial charge in [0, 0.05) is 45.1 Å². The molecule has 3 rings (SSSR count). The zero-order chi connectivity index (χ0) is 13.3. The first-order valence-electron chi connectivity index (χ1n) is 6.57. The normalized spacial score (nSPS) is 29.4. The summed E-state index contributed by atoms with van der Waals surface area (Å²) in [4.78, 5) is 16.4. The highest BCUT2D eigenvalue weighted by Gasteiger charge is 2.51. The van der Waals surface area contributed by atoms with Crippen molar-refractivity contribution < 1.29 is 4.79 Å². The average Bonchev–Trinajstić information content (AvgIpc) is 3.03. The Morgan fingerprint density at radius 3 is 2.79 bits per heavy atom. The maximum Gasteiger partial charge on any atom is 0.239 e. The first kappa shape index (κ1) is 12.4. The van der Waals surface area contributed by atoms with Gasteiger partial charge in [0.1, 0.15) is 5.82 Å². The molecule has 2 fully saturated rings. The van der Waals surface area contributed by atoms with Crippen LogP contribution in [0.5, 0.6) is 0 Å². The summed E-state index contributed by atoms with van der Waals surface area (Å²) in [6, 6.07) is 0. The molecular weight excluding hydrogens is 246 g/mol. The van der Waals surface area contributed by atoms with Crippen molar-refractivity contribution in [2.45, 2.75) is 6.42 Å². The van der Waals surface area contributed by atoms with Crippen molar-refractivity contribution in [2.75, 3.05) is 38.5 Å². The summed E-state index contributed by atoms with van der Waals surface area (Å²) in [6.07, 6.45) is 0.609. The summed E-state index contributed by atoms with van der Waals surface area (Å²) in [6.45, 7) is 3.89. The van der Waals surface area contributed by atoms with E-state index in [0.29, 0.717) is 24.7 Å². The Hall–Kier alpha value is -1.67. The summed E-state index contributed by atoms with van der Waals surface area (Å²) >= 11 is 0. The lowest BCUT2D eigenvalue weighted by Crippen LogP contribution is -2.47. The molecule has 6 N–H and O–H groups in total. The van der Waals surface area contributed by atoms with E-state index in [4.69, 9.17) is 5.73 Å². The molecule has 1 aromatic rings. The number of rotatable bonds is 4. The molecular formula is C11H19N7O. The average molecular weight is 265 g/mol. The SMILES string of the molecule is Nc1n[nH]c(CCNC(=O)C23CNCC2CNC3)n1. The van der Waals surface area contributed by atoms with E-state index in [0.717, 1.165) is 26.2 Å². The fourth-order valence-electron chi connectivity index (χ4n) is 2.99. The van der Waals surface area contributed by atoms with Crippen LogP contribution in [0.3, 0.4) is 0 Å². The number of fused-ring (bicyclic) bond motifs is 1. The molecule has 1 amide bonds. The molecule has 8 heteroatoms. The van der Waals surface area contributed by atoms with Crippen LogP contribution in [-0.2, 0) is 11.2 Å². The number of nitrogen functional groups attached to an aromatic ring is 1. The zero-order valence-corrected chi connectivity index (χ0v) is 10.7. The van der Waals surface area contributed by atoms with Crippen LogP contribution in [0.4, 0.5) is 5.95 Å². The summed E-state index contributed by atoms with van der Waals surface area (Å²) in [7, 11) is 0. The van der Waals surface area contributed by atoms with E-state index < -0.39 is 0 Å². The first-order valence-corrected chi connectivity index (χ1v) is 6.57. The largest absolute Gasteiger partial charge is 0.367 e. The van der Waals surface area contributed by atoms with Crippen molar-refractivity contribution in [1.29, 1.82) is 0 Å². The van der Waals surface area contributed by atoms with E-state index >= 15 is 0 Å². The van der Waals surface area contributed by atoms with Gasteiger partial charge in [0.05, 0.1) is 5.41 Å². The fourth-order valence-corrected chi connectivity index (χ4v) is 2.99. The van der Waals surface area contributed by atoms with Crippen LogP contribution in [0.1, 0.15) is 5.82 Å². The first-order chi connectivity index (χ1) is 9.21. The van der Waals surface area contributed by atoms with Crippen molar-refractivity contribution in [1.82, 2.24) is 31.1 Å². The third-order valence-electron chi connectivity index (χ3n) is 4.09. The summed E-state index contributed by atoms with van der Waals surface area (Å²) in [5, 5.41) is 16.1. The lowest BCUT2D eigenvalue weighted by molar-refractivity contribution is -0.130. The van der Waals surface area contributed by atoms with Crippen LogP contribution in [0.15, 0.2) is 0 Å². The predicted molar refractivity (Wildman–Crippen MR) is 69.2 cm³/mol. The Labute approximate surface area is 110 Å². The lowest BCUT2D eigenvalue weighted by Gasteiger charge is -2.25. The number of anilines is 1. The second-order valence-corrected chi connectivity index (χ2v) is 5.26. The minimum Gasteiger partial charge on any atom is -0.367 e. The van der Waals surface area contributed by atoms with Crippen LogP contribution in [-0.4, -0.2) is 53.8 Å². The zero-order valence-electron chi connectivity index (χ0n) is 10.7. The van der Waals surface area contributed by atoms with Gasteiger partial charge in [-0.3, -0.25) is 9.89 Å². The van der Waals surface area contributed by atoms with Crippen LogP contribution in [0.25, 0.3) is 0 Å². The number of hydrogen-bond acceptors (Lipinski definition) is 6. The molecule has 0 aliphatic carbocycles. The van der Waals surface area contributed by atoms with Gasteiger partial charge in [-0.2, -0.15) is 4.98 Å². The van der Waals surface area contributed by atoms with Crippen LogP contribution >= 0.6 is 0 Å². The van der Waals surface area contributed by atoms with E-state index in [-0.39, 0.29) is 17.3 Å². The molecule has 0 radical (unpaired) electrons. The Bertz CT molecular complexity index is 461. The summed E-state index contributed by atoms with van der Waals surface area (Å²) in [5.74, 6) is 1.45. The Morgan fingerprint density at radius 1 is 1.42 bits per heavy atom. The topological polar surface area (TPSA) is 121 Å². The summed E-state index contributed by atoms with van der Waals surface area (Å²) in [5.41, 5.74) is 5.14. The van der Waals surface area contributed by atoms with Gasteiger partial charge in [0.25, 0.3) is 0 Å². The van der Waals surface area contributed by atoms with E-state index in [9.17, 15) is 4.79 Å². The number of aromatic nitrogens is 3. The molecule has 0 saturated carbocycles. The Balaban J connectivity index is 1.54. The van der Waals surface area contributed by atoms with Gasteiger partial charge in [-0.15, -0.1) is 5.10 Å². The van der Waals surface area contributed by atoms with Gasteiger partial charge < -0.3 is 21.7 Å². The minimum atomic E-state index is -0.277. The smallest absolute Gasteiger partial charge is 0.239 e. The number of nitrogens with one attached hydrogen (secondary N) is 4. The van der Waals surface area contributed by atoms with Gasteiger partial charge in [0.2, 0.25) is 11.9 Å². The van der Waals surface area contributed by atoms with E-state index in [2.05, 4.69) is 31.1 Å². The molecule has 1 aromatic heterocycles. The Kier molecular flexibility index (Phi) is 3.11. The third-order valence-corrected chi connectivity index (χ3v) is 4.09. The van der Waals surface area contributed by atoms with Crippen molar-refractivity contribution in [3.8, 4) is 0 Å². The molecule has 19 heavy (non-hydrogen) atoms. The summed E-state index contributed by atoms with van der Waals surface area (Å²) < 4.78 is 0. The van der Waals surface area contributed by atoms with Crippen molar-refractivity contribution in [3.63, 3.8) is 0 Å². The standard InChI is InChI=1S/C11H19N7O/c12-10-16-8(17-18-10)1-2-15-9(19)11-5-13-3-7(11)4-14-6-11/h7,13-14H,1-6H2,(H,15,19)(H3,12,16,17,18). The quantitative estimate of drug-likeness (QED) is 0.423. The molecule has 2 saturated heterocycles. The molecule has 0 bridgehead atoms. The lowest BCUT2D eigenvalue weighted by atomic mass is 9.80. The number of H-pyrrole nitrogens is 1. The molecule has 2 aliphatic heterocycles. The minimum absolute atomic E-state index is 0.125. The maximum atomic E-state index is 12.4. The van der Waals surface area contributed by atoms with Crippen molar-refractivity contribution in [3.05, 3.63) is 5.82 Å². The monoisotopic (exact) mass is 265 g/mol. The van der Waals surface area contributed by atoms with Crippen LogP contribution in [0.2, 0.25) is 0 Å². The van der Waals surface area contributed by atoms with E-state index in [1.165, 1.54) is 0 Å². The molecule has 0 unspecified atom stereocenters. The molecule has 2 aliphatic rings. The van der Waals surface area contributed by atoms with E-state index in [1.54, 1.807) is 0 Å². The van der Waals surface area contributed by atoms with Gasteiger partial charge in [-0.1, -0.05) is 0 Å². The van der Waals surface area contributed by atoms with Crippen LogP contribution in [0, 0.1) is 11.3 Å². The number of amides is 1. The highest BCUT2D eigenvalue weighted by molar-refractivity contribution is 5.84. The number of nitrogens with zero attached hydrogens (tertiary/aromatic N) is 2. The number of aromatic amines is 1. The Morgan fingerprint density at radius 2 is 2.16 bits per heavy atom. The second-order valence-electron chi connectivity index (χ2n) is 5.26. The number of carbonyl (C=O) groups excluding carboxylic acids is 1. The molecule has 104 valence electrons. The van der Waals surface area contributed by atoms with Crippen molar-refractivity contribution >= 4 is 11.9 Å². The molecule has 0 aromatic carbocycles. The molecule has 8 nitrogen and oxygen atoms in total. The molecule has 0 spiro atoms. The third kappa shape index (κ3) is 2.17. The highest BCUT2D eigenvalue weighted by atomic mass is 16.2. The van der Waals surface area contributed by atoms with Gasteiger partial charge in [-0.25, -0.2) is 0 Å². The van der Waals surface area contributed by atoms with Crippen LogP contribution < -0.4 is 21.7 Å². The number of nitrogens with two attached hydrogens (primary N) is 1. The maximum absolute atomic E-state index is 12.4. The van der Waals surface area contributed by atoms with Gasteiger partial charge >= 0.3 is 0 Å². The number of carbonyl (C=O) groups is 1. The molecule has 0 atom stereocenters. The fraction of sp³-hybridized carbons (Fsp3) is 0.727. The number of hydrogen-bond donors (Lipinski definition) is 5. The highest BCUT2D eigenvalue weighted by Crippen LogP contribution is 2.34. The van der Waals surface area contributed by atoms with Crippen molar-refractivity contribution in [2.24, 2.45) is 11.3 Å². The van der Waals surface area contributed by atoms with E-state index in [1.807, 2.05) is 0 Å². The molecule has 3 heterocycles. The predicted octanol–water partition coefficient (Wildman–Crippen LogP) is -2.15. The van der Waals surface area contributed by atoms with Gasteiger partial charge in [-0.05, 0) is 0 Å².